The van der Waals surface area contributed by atoms with Gasteiger partial charge in [-0.25, -0.2) is 15.2 Å². The van der Waals surface area contributed by atoms with Gasteiger partial charge in [-0.1, -0.05) is 29.8 Å². The van der Waals surface area contributed by atoms with E-state index >= 15 is 0 Å². The summed E-state index contributed by atoms with van der Waals surface area (Å²) in [5.74, 6) is -1.25. The molecule has 3 rings (SSSR count). The lowest BCUT2D eigenvalue weighted by molar-refractivity contribution is -0.118. The zero-order valence-corrected chi connectivity index (χ0v) is 14.7. The van der Waals surface area contributed by atoms with Crippen LogP contribution in [0.1, 0.15) is 24.9 Å². The lowest BCUT2D eigenvalue weighted by Gasteiger charge is -2.13. The molecular weight excluding hydrogens is 359 g/mol. The zero-order chi connectivity index (χ0) is 18.7. The van der Waals surface area contributed by atoms with Crippen molar-refractivity contribution in [3.8, 4) is 0 Å². The Morgan fingerprint density at radius 2 is 1.92 bits per heavy atom. The topological polar surface area (TPSA) is 82.3 Å². The molecule has 4 N–H and O–H groups in total. The minimum absolute atomic E-state index is 0.00393. The van der Waals surface area contributed by atoms with Gasteiger partial charge < -0.3 is 10.6 Å². The van der Waals surface area contributed by atoms with E-state index in [-0.39, 0.29) is 23.5 Å². The van der Waals surface area contributed by atoms with Crippen LogP contribution >= 0.6 is 11.6 Å². The highest BCUT2D eigenvalue weighted by Gasteiger charge is 2.31. The Kier molecular flexibility index (Phi) is 5.51. The molecule has 2 aromatic rings. The number of anilines is 2. The van der Waals surface area contributed by atoms with Crippen LogP contribution in [-0.4, -0.2) is 17.9 Å². The highest BCUT2D eigenvalue weighted by Crippen LogP contribution is 2.29. The van der Waals surface area contributed by atoms with E-state index in [1.165, 1.54) is 25.1 Å². The van der Waals surface area contributed by atoms with Crippen LogP contribution in [0.4, 0.5) is 15.8 Å². The van der Waals surface area contributed by atoms with Gasteiger partial charge in [0.1, 0.15) is 11.9 Å². The molecule has 1 fully saturated rings. The summed E-state index contributed by atoms with van der Waals surface area (Å²) in [6.07, 6.45) is 0.461. The molecule has 136 valence electrons. The second kappa shape index (κ2) is 7.82. The number of hydrazine groups is 1. The van der Waals surface area contributed by atoms with Gasteiger partial charge in [-0.3, -0.25) is 9.59 Å². The van der Waals surface area contributed by atoms with Crippen molar-refractivity contribution in [2.75, 3.05) is 10.6 Å². The van der Waals surface area contributed by atoms with Crippen LogP contribution in [0, 0.1) is 5.82 Å². The monoisotopic (exact) mass is 376 g/mol. The summed E-state index contributed by atoms with van der Waals surface area (Å²) in [5, 5.41) is 5.72. The van der Waals surface area contributed by atoms with E-state index in [1.54, 1.807) is 6.07 Å². The number of carbonyl (C=O) groups excluding carboxylic acids is 2. The SMILES string of the molecule is CC(=O)Nc1ccc(F)c(NC(=O)C2CC(c3ccccc3Cl)NN2)c1. The minimum atomic E-state index is -0.582. The van der Waals surface area contributed by atoms with Gasteiger partial charge in [-0.2, -0.15) is 0 Å². The Morgan fingerprint density at radius 3 is 2.65 bits per heavy atom. The van der Waals surface area contributed by atoms with Gasteiger partial charge >= 0.3 is 0 Å². The number of carbonyl (C=O) groups is 2. The Balaban J connectivity index is 1.68. The molecule has 2 amide bonds. The lowest BCUT2D eigenvalue weighted by atomic mass is 10.0. The van der Waals surface area contributed by atoms with E-state index in [4.69, 9.17) is 11.6 Å². The normalized spacial score (nSPS) is 19.2. The molecule has 6 nitrogen and oxygen atoms in total. The van der Waals surface area contributed by atoms with Gasteiger partial charge in [0.05, 0.1) is 5.69 Å². The maximum absolute atomic E-state index is 14.0. The maximum atomic E-state index is 14.0. The molecule has 0 spiro atoms. The van der Waals surface area contributed by atoms with Gasteiger partial charge in [0, 0.05) is 23.7 Å². The third-order valence-electron chi connectivity index (χ3n) is 4.04. The van der Waals surface area contributed by atoms with E-state index in [2.05, 4.69) is 21.5 Å². The summed E-state index contributed by atoms with van der Waals surface area (Å²) in [5.41, 5.74) is 7.23. The van der Waals surface area contributed by atoms with Crippen LogP contribution in [0.3, 0.4) is 0 Å². The van der Waals surface area contributed by atoms with Gasteiger partial charge in [0.15, 0.2) is 0 Å². The Bertz CT molecular complexity index is 846. The number of amides is 2. The molecule has 1 aliphatic heterocycles. The molecule has 8 heteroatoms. The Hall–Kier alpha value is -2.48. The average Bonchev–Trinajstić information content (AvgIpc) is 3.08. The van der Waals surface area contributed by atoms with Crippen LogP contribution in [0.15, 0.2) is 42.5 Å². The number of hydrogen-bond donors (Lipinski definition) is 4. The van der Waals surface area contributed by atoms with Gasteiger partial charge in [0.25, 0.3) is 0 Å². The highest BCUT2D eigenvalue weighted by atomic mass is 35.5. The van der Waals surface area contributed by atoms with Crippen LogP contribution in [0.5, 0.6) is 0 Å². The molecule has 0 radical (unpaired) electrons. The Labute approximate surface area is 155 Å². The van der Waals surface area contributed by atoms with Crippen LogP contribution in [0.2, 0.25) is 5.02 Å². The first-order valence-corrected chi connectivity index (χ1v) is 8.45. The van der Waals surface area contributed by atoms with Crippen molar-refractivity contribution >= 4 is 34.8 Å². The summed E-state index contributed by atoms with van der Waals surface area (Å²) in [6, 6.07) is 10.7. The highest BCUT2D eigenvalue weighted by molar-refractivity contribution is 6.31. The standard InChI is InChI=1S/C18H18ClFN4O2/c1-10(25)21-11-6-7-14(20)16(8-11)22-18(26)17-9-15(23-24-17)12-4-2-3-5-13(12)19/h2-8,15,17,23-24H,9H2,1H3,(H,21,25)(H,22,26). The second-order valence-electron chi connectivity index (χ2n) is 6.02. The van der Waals surface area contributed by atoms with Crippen molar-refractivity contribution < 1.29 is 14.0 Å². The quantitative estimate of drug-likeness (QED) is 0.661. The van der Waals surface area contributed by atoms with Crippen molar-refractivity contribution in [2.24, 2.45) is 0 Å². The number of rotatable bonds is 4. The van der Waals surface area contributed by atoms with Gasteiger partial charge in [-0.15, -0.1) is 0 Å². The summed E-state index contributed by atoms with van der Waals surface area (Å²) >= 11 is 6.19. The molecule has 0 bridgehead atoms. The molecule has 26 heavy (non-hydrogen) atoms. The second-order valence-corrected chi connectivity index (χ2v) is 6.42. The fourth-order valence-electron chi connectivity index (χ4n) is 2.81. The fourth-order valence-corrected chi connectivity index (χ4v) is 3.08. The summed E-state index contributed by atoms with van der Waals surface area (Å²) in [7, 11) is 0. The molecule has 1 heterocycles. The maximum Gasteiger partial charge on any atom is 0.243 e. The van der Waals surface area contributed by atoms with Gasteiger partial charge in [0.2, 0.25) is 11.8 Å². The number of nitrogens with one attached hydrogen (secondary N) is 4. The number of halogens is 2. The molecule has 0 aromatic heterocycles. The van der Waals surface area contributed by atoms with E-state index in [1.807, 2.05) is 18.2 Å². The van der Waals surface area contributed by atoms with Crippen LogP contribution in [-0.2, 0) is 9.59 Å². The van der Waals surface area contributed by atoms with Crippen molar-refractivity contribution in [3.05, 3.63) is 58.9 Å². The first-order chi connectivity index (χ1) is 12.4. The lowest BCUT2D eigenvalue weighted by Crippen LogP contribution is -2.39. The van der Waals surface area contributed by atoms with E-state index in [0.29, 0.717) is 17.1 Å². The van der Waals surface area contributed by atoms with Crippen LogP contribution in [0.25, 0.3) is 0 Å². The molecule has 1 aliphatic rings. The van der Waals surface area contributed by atoms with Crippen LogP contribution < -0.4 is 21.5 Å². The van der Waals surface area contributed by atoms with E-state index in [9.17, 15) is 14.0 Å². The summed E-state index contributed by atoms with van der Waals surface area (Å²) in [4.78, 5) is 23.6. The third kappa shape index (κ3) is 4.19. The first-order valence-electron chi connectivity index (χ1n) is 8.07. The van der Waals surface area contributed by atoms with Crippen molar-refractivity contribution in [1.82, 2.24) is 10.9 Å². The minimum Gasteiger partial charge on any atom is -0.326 e. The van der Waals surface area contributed by atoms with Crippen molar-refractivity contribution in [3.63, 3.8) is 0 Å². The smallest absolute Gasteiger partial charge is 0.243 e. The van der Waals surface area contributed by atoms with Crippen molar-refractivity contribution in [2.45, 2.75) is 25.4 Å². The predicted octanol–water partition coefficient (Wildman–Crippen LogP) is 2.98. The molecule has 2 atom stereocenters. The molecule has 1 saturated heterocycles. The molecule has 2 unspecified atom stereocenters. The number of benzene rings is 2. The fraction of sp³-hybridized carbons (Fsp3) is 0.222. The van der Waals surface area contributed by atoms with E-state index < -0.39 is 11.9 Å². The van der Waals surface area contributed by atoms with E-state index in [0.717, 1.165) is 5.56 Å². The third-order valence-corrected chi connectivity index (χ3v) is 4.39. The summed E-state index contributed by atoms with van der Waals surface area (Å²) < 4.78 is 14.0. The van der Waals surface area contributed by atoms with Crippen molar-refractivity contribution in [1.29, 1.82) is 0 Å². The molecular formula is C18H18ClFN4O2. The summed E-state index contributed by atoms with van der Waals surface area (Å²) in [6.45, 7) is 1.35. The molecule has 0 saturated carbocycles. The Morgan fingerprint density at radius 1 is 1.15 bits per heavy atom. The largest absolute Gasteiger partial charge is 0.326 e. The molecule has 0 aliphatic carbocycles. The van der Waals surface area contributed by atoms with Gasteiger partial charge in [-0.05, 0) is 36.2 Å². The first kappa shape index (κ1) is 18.3. The number of hydrogen-bond acceptors (Lipinski definition) is 4. The molecule has 2 aromatic carbocycles. The zero-order valence-electron chi connectivity index (χ0n) is 14.0. The average molecular weight is 377 g/mol. The predicted molar refractivity (Wildman–Crippen MR) is 98.2 cm³/mol.